The van der Waals surface area contributed by atoms with Gasteiger partial charge in [0.15, 0.2) is 5.82 Å². The molecule has 0 spiro atoms. The highest BCUT2D eigenvalue weighted by Gasteiger charge is 2.01. The second-order valence-electron chi connectivity index (χ2n) is 2.80. The number of hydrogen-bond donors (Lipinski definition) is 0. The van der Waals surface area contributed by atoms with Crippen molar-refractivity contribution in [2.45, 2.75) is 54.9 Å². The van der Waals surface area contributed by atoms with Gasteiger partial charge in [0.1, 0.15) is 5.82 Å². The first-order valence-electron chi connectivity index (χ1n) is 6.28. The molecule has 1 aromatic rings. The average molecular weight is 238 g/mol. The zero-order valence-corrected chi connectivity index (χ0v) is 12.3. The monoisotopic (exact) mass is 238 g/mol. The molecule has 17 heavy (non-hydrogen) atoms. The molecule has 0 aliphatic carbocycles. The van der Waals surface area contributed by atoms with Crippen molar-refractivity contribution < 1.29 is 0 Å². The number of aryl methyl sites for hydroxylation is 1. The third-order valence-electron chi connectivity index (χ3n) is 1.68. The van der Waals surface area contributed by atoms with E-state index in [0.29, 0.717) is 11.6 Å². The zero-order chi connectivity index (χ0) is 13.8. The first kappa shape index (κ1) is 17.9. The summed E-state index contributed by atoms with van der Waals surface area (Å²) in [6.45, 7) is 17.5. The van der Waals surface area contributed by atoms with Gasteiger partial charge in [-0.15, -0.1) is 9.89 Å². The Labute approximate surface area is 105 Å². The quantitative estimate of drug-likeness (QED) is 0.749. The van der Waals surface area contributed by atoms with E-state index < -0.39 is 0 Å². The molecule has 0 aliphatic rings. The standard InChI is InChI=1S/C9H14N4.2C2H6/c1-5-7(3)11-13-9(6-2)10-8(4)12-13;2*1-2/h6H,2,5H2,1,3-4H3;2*1-2H3/b11-7-;;. The number of aromatic nitrogens is 3. The molecule has 0 saturated heterocycles. The third kappa shape index (κ3) is 6.66. The van der Waals surface area contributed by atoms with Crippen molar-refractivity contribution in [3.8, 4) is 0 Å². The molecule has 0 unspecified atom stereocenters. The molecule has 0 N–H and O–H groups in total. The van der Waals surface area contributed by atoms with Crippen molar-refractivity contribution in [3.05, 3.63) is 18.2 Å². The molecule has 1 rings (SSSR count). The molecule has 0 aliphatic heterocycles. The van der Waals surface area contributed by atoms with Crippen LogP contribution in [0.25, 0.3) is 6.08 Å². The summed E-state index contributed by atoms with van der Waals surface area (Å²) in [5.74, 6) is 1.40. The number of hydrogen-bond acceptors (Lipinski definition) is 3. The van der Waals surface area contributed by atoms with Crippen molar-refractivity contribution in [1.29, 1.82) is 0 Å². The minimum Gasteiger partial charge on any atom is -0.210 e. The van der Waals surface area contributed by atoms with Crippen molar-refractivity contribution in [3.63, 3.8) is 0 Å². The van der Waals surface area contributed by atoms with E-state index in [2.05, 4.69) is 28.7 Å². The van der Waals surface area contributed by atoms with Crippen molar-refractivity contribution in [1.82, 2.24) is 14.9 Å². The summed E-state index contributed by atoms with van der Waals surface area (Å²) in [6.07, 6.45) is 2.56. The fourth-order valence-electron chi connectivity index (χ4n) is 0.854. The average Bonchev–Trinajstić information content (AvgIpc) is 2.74. The fourth-order valence-corrected chi connectivity index (χ4v) is 0.854. The van der Waals surface area contributed by atoms with Crippen LogP contribution < -0.4 is 0 Å². The van der Waals surface area contributed by atoms with Gasteiger partial charge in [0.05, 0.1) is 0 Å². The first-order chi connectivity index (χ1) is 8.17. The van der Waals surface area contributed by atoms with Crippen LogP contribution in [0.3, 0.4) is 0 Å². The Hall–Kier alpha value is -1.45. The Bertz CT molecular complexity index is 337. The lowest BCUT2D eigenvalue weighted by Crippen LogP contribution is -1.99. The van der Waals surface area contributed by atoms with Gasteiger partial charge in [-0.05, 0) is 26.3 Å². The molecule has 0 saturated carbocycles. The SMILES string of the molecule is C=Cc1nc(C)nn1/N=C(/C)CC.CC.CC. The molecular formula is C13H26N4. The first-order valence-corrected chi connectivity index (χ1v) is 6.28. The van der Waals surface area contributed by atoms with Gasteiger partial charge < -0.3 is 0 Å². The Morgan fingerprint density at radius 1 is 1.35 bits per heavy atom. The Balaban J connectivity index is 0. The normalized spacial score (nSPS) is 9.71. The molecule has 4 heteroatoms. The van der Waals surface area contributed by atoms with Gasteiger partial charge in [-0.1, -0.05) is 41.2 Å². The predicted octanol–water partition coefficient (Wildman–Crippen LogP) is 3.92. The van der Waals surface area contributed by atoms with E-state index >= 15 is 0 Å². The van der Waals surface area contributed by atoms with Crippen LogP contribution in [-0.4, -0.2) is 20.6 Å². The third-order valence-corrected chi connectivity index (χ3v) is 1.68. The van der Waals surface area contributed by atoms with Crippen LogP contribution in [0.4, 0.5) is 0 Å². The fraction of sp³-hybridized carbons (Fsp3) is 0.615. The lowest BCUT2D eigenvalue weighted by Gasteiger charge is -1.96. The largest absolute Gasteiger partial charge is 0.210 e. The van der Waals surface area contributed by atoms with Gasteiger partial charge in [0.2, 0.25) is 0 Å². The molecule has 0 atom stereocenters. The highest BCUT2D eigenvalue weighted by molar-refractivity contribution is 5.81. The van der Waals surface area contributed by atoms with Crippen molar-refractivity contribution >= 4 is 11.8 Å². The molecule has 0 fully saturated rings. The number of nitrogens with zero attached hydrogens (tertiary/aromatic N) is 4. The van der Waals surface area contributed by atoms with Crippen LogP contribution in [-0.2, 0) is 0 Å². The van der Waals surface area contributed by atoms with Crippen LogP contribution in [0.15, 0.2) is 11.7 Å². The van der Waals surface area contributed by atoms with Crippen LogP contribution >= 0.6 is 0 Å². The highest BCUT2D eigenvalue weighted by Crippen LogP contribution is 1.99. The second-order valence-corrected chi connectivity index (χ2v) is 2.80. The van der Waals surface area contributed by atoms with E-state index in [-0.39, 0.29) is 0 Å². The summed E-state index contributed by atoms with van der Waals surface area (Å²) in [6, 6.07) is 0. The van der Waals surface area contributed by atoms with Crippen LogP contribution in [0.5, 0.6) is 0 Å². The van der Waals surface area contributed by atoms with E-state index in [9.17, 15) is 0 Å². The maximum Gasteiger partial charge on any atom is 0.175 e. The summed E-state index contributed by atoms with van der Waals surface area (Å²) in [4.78, 5) is 5.66. The van der Waals surface area contributed by atoms with Crippen LogP contribution in [0.1, 0.15) is 59.6 Å². The summed E-state index contributed by atoms with van der Waals surface area (Å²) >= 11 is 0. The van der Waals surface area contributed by atoms with Gasteiger partial charge >= 0.3 is 0 Å². The molecule has 1 heterocycles. The lowest BCUT2D eigenvalue weighted by molar-refractivity contribution is 0.719. The Morgan fingerprint density at radius 3 is 2.29 bits per heavy atom. The minimum atomic E-state index is 0.685. The topological polar surface area (TPSA) is 43.1 Å². The Morgan fingerprint density at radius 2 is 1.88 bits per heavy atom. The second kappa shape index (κ2) is 11.0. The molecule has 0 aromatic carbocycles. The smallest absolute Gasteiger partial charge is 0.175 e. The maximum atomic E-state index is 4.26. The molecule has 0 radical (unpaired) electrons. The molecular weight excluding hydrogens is 212 g/mol. The molecule has 98 valence electrons. The highest BCUT2D eigenvalue weighted by atomic mass is 15.5. The summed E-state index contributed by atoms with van der Waals surface area (Å²) in [5, 5.41) is 8.37. The predicted molar refractivity (Wildman–Crippen MR) is 76.3 cm³/mol. The molecule has 4 nitrogen and oxygen atoms in total. The van der Waals surface area contributed by atoms with Gasteiger partial charge in [-0.2, -0.15) is 5.10 Å². The lowest BCUT2D eigenvalue weighted by atomic mass is 10.3. The van der Waals surface area contributed by atoms with Gasteiger partial charge in [-0.25, -0.2) is 4.98 Å². The van der Waals surface area contributed by atoms with Gasteiger partial charge in [0, 0.05) is 5.71 Å². The van der Waals surface area contributed by atoms with Crippen molar-refractivity contribution in [2.75, 3.05) is 0 Å². The van der Waals surface area contributed by atoms with Gasteiger partial charge in [-0.3, -0.25) is 0 Å². The van der Waals surface area contributed by atoms with E-state index in [4.69, 9.17) is 0 Å². The number of rotatable bonds is 3. The van der Waals surface area contributed by atoms with E-state index in [1.807, 2.05) is 41.5 Å². The summed E-state index contributed by atoms with van der Waals surface area (Å²) in [5.41, 5.74) is 1.02. The van der Waals surface area contributed by atoms with Crippen LogP contribution in [0, 0.1) is 6.92 Å². The van der Waals surface area contributed by atoms with Crippen molar-refractivity contribution in [2.24, 2.45) is 5.10 Å². The van der Waals surface area contributed by atoms with Gasteiger partial charge in [0.25, 0.3) is 0 Å². The van der Waals surface area contributed by atoms with E-state index in [1.54, 1.807) is 6.08 Å². The van der Waals surface area contributed by atoms with E-state index in [0.717, 1.165) is 12.1 Å². The molecule has 0 bridgehead atoms. The summed E-state index contributed by atoms with van der Waals surface area (Å²) in [7, 11) is 0. The molecule has 0 amide bonds. The van der Waals surface area contributed by atoms with E-state index in [1.165, 1.54) is 4.79 Å². The van der Waals surface area contributed by atoms with Crippen LogP contribution in [0.2, 0.25) is 0 Å². The minimum absolute atomic E-state index is 0.685. The Kier molecular flexibility index (Phi) is 11.7. The molecule has 1 aromatic heterocycles. The maximum absolute atomic E-state index is 4.26. The zero-order valence-electron chi connectivity index (χ0n) is 12.3. The summed E-state index contributed by atoms with van der Waals surface area (Å²) < 4.78 is 0.